The fourth-order valence-electron chi connectivity index (χ4n) is 3.74. The minimum absolute atomic E-state index is 0.0661. The van der Waals surface area contributed by atoms with Crippen molar-refractivity contribution in [1.82, 2.24) is 15.2 Å². The zero-order valence-corrected chi connectivity index (χ0v) is 21.3. The molecule has 0 radical (unpaired) electrons. The van der Waals surface area contributed by atoms with Crippen LogP contribution in [0.2, 0.25) is 5.15 Å². The number of benzene rings is 2. The summed E-state index contributed by atoms with van der Waals surface area (Å²) in [7, 11) is 0. The molecule has 0 fully saturated rings. The molecule has 4 rings (SSSR count). The fourth-order valence-corrected chi connectivity index (χ4v) is 4.31. The zero-order valence-electron chi connectivity index (χ0n) is 19.7. The number of rotatable bonds is 9. The maximum atomic E-state index is 12.3. The zero-order chi connectivity index (χ0) is 26.4. The minimum atomic E-state index is -2.17. The predicted molar refractivity (Wildman–Crippen MR) is 138 cm³/mol. The molecule has 1 aromatic heterocycles. The summed E-state index contributed by atoms with van der Waals surface area (Å²) in [6.07, 6.45) is 0.0609. The summed E-state index contributed by atoms with van der Waals surface area (Å²) in [5.74, 6) is -0.488. The average Bonchev–Trinajstić information content (AvgIpc) is 2.90. The molecular formula is C25H23ClN5O5S-. The number of anilines is 1. The van der Waals surface area contributed by atoms with E-state index in [2.05, 4.69) is 15.5 Å². The molecule has 0 saturated carbocycles. The van der Waals surface area contributed by atoms with Gasteiger partial charge < -0.3 is 14.6 Å². The number of nitrogens with one attached hydrogen (secondary N) is 1. The number of carbonyl (C=O) groups is 2. The molecule has 0 aliphatic carbocycles. The van der Waals surface area contributed by atoms with E-state index in [0.717, 1.165) is 11.1 Å². The van der Waals surface area contributed by atoms with Crippen molar-refractivity contribution in [3.63, 3.8) is 0 Å². The first-order valence-corrected chi connectivity index (χ1v) is 13.0. The molecule has 1 aliphatic heterocycles. The summed E-state index contributed by atoms with van der Waals surface area (Å²) in [6.45, 7) is 2.22. The molecule has 1 N–H and O–H groups in total. The molecular weight excluding hydrogens is 518 g/mol. The number of carbonyl (C=O) groups excluding carboxylic acids is 2. The SMILES string of the molecule is CCC1OC(C=O)N(Cc2ccc(NC(=O)c3ccc(Cl)nn3)cc2)N=C1c1ccc(CS(=O)[O-])cc1. The Kier molecular flexibility index (Phi) is 8.72. The van der Waals surface area contributed by atoms with Crippen molar-refractivity contribution in [3.05, 3.63) is 88.2 Å². The van der Waals surface area contributed by atoms with E-state index >= 15 is 0 Å². The Morgan fingerprint density at radius 3 is 2.41 bits per heavy atom. The van der Waals surface area contributed by atoms with Crippen LogP contribution >= 0.6 is 11.6 Å². The molecule has 10 nitrogen and oxygen atoms in total. The van der Waals surface area contributed by atoms with E-state index in [1.54, 1.807) is 41.4 Å². The second kappa shape index (κ2) is 12.2. The Morgan fingerprint density at radius 2 is 1.81 bits per heavy atom. The summed E-state index contributed by atoms with van der Waals surface area (Å²) >= 11 is 3.53. The first kappa shape index (κ1) is 26.6. The standard InChI is InChI=1S/C25H24ClN5O5S/c1-2-21-24(18-7-3-17(4-8-18)15-37(34)35)30-31(23(14-32)36-21)13-16-5-9-19(10-6-16)27-25(33)20-11-12-22(26)29-28-20/h3-12,14,21,23H,2,13,15H2,1H3,(H,27,33)(H,34,35)/p-1. The molecule has 0 bridgehead atoms. The summed E-state index contributed by atoms with van der Waals surface area (Å²) in [4.78, 5) is 24.1. The van der Waals surface area contributed by atoms with E-state index in [9.17, 15) is 18.4 Å². The predicted octanol–water partition coefficient (Wildman–Crippen LogP) is 3.30. The van der Waals surface area contributed by atoms with Crippen molar-refractivity contribution in [1.29, 1.82) is 0 Å². The molecule has 192 valence electrons. The van der Waals surface area contributed by atoms with Crippen LogP contribution in [0.4, 0.5) is 5.69 Å². The third-order valence-corrected chi connectivity index (χ3v) is 6.35. The third kappa shape index (κ3) is 6.83. The number of aromatic nitrogens is 2. The highest BCUT2D eigenvalue weighted by molar-refractivity contribution is 7.78. The molecule has 2 aromatic carbocycles. The Labute approximate surface area is 221 Å². The van der Waals surface area contributed by atoms with Crippen molar-refractivity contribution < 1.29 is 23.1 Å². The number of halogens is 1. The number of nitrogens with zero attached hydrogens (tertiary/aromatic N) is 4. The number of hydrogen-bond donors (Lipinski definition) is 1. The number of amides is 1. The van der Waals surface area contributed by atoms with Gasteiger partial charge in [-0.25, -0.2) is 0 Å². The smallest absolute Gasteiger partial charge is 0.276 e. The first-order chi connectivity index (χ1) is 17.9. The van der Waals surface area contributed by atoms with Crippen molar-refractivity contribution in [2.75, 3.05) is 5.32 Å². The van der Waals surface area contributed by atoms with Crippen LogP contribution in [-0.2, 0) is 32.9 Å². The Bertz CT molecular complexity index is 1300. The second-order valence-electron chi connectivity index (χ2n) is 8.18. The summed E-state index contributed by atoms with van der Waals surface area (Å²) in [6, 6.07) is 17.1. The van der Waals surface area contributed by atoms with Gasteiger partial charge in [-0.2, -0.15) is 5.10 Å². The summed E-state index contributed by atoms with van der Waals surface area (Å²) in [5, 5.41) is 16.7. The van der Waals surface area contributed by atoms with Crippen LogP contribution in [0.5, 0.6) is 0 Å². The third-order valence-electron chi connectivity index (χ3n) is 5.58. The van der Waals surface area contributed by atoms with Crippen LogP contribution in [0.15, 0.2) is 65.8 Å². The van der Waals surface area contributed by atoms with Gasteiger partial charge in [0, 0.05) is 17.0 Å². The molecule has 3 unspecified atom stereocenters. The number of ether oxygens (including phenoxy) is 1. The maximum Gasteiger partial charge on any atom is 0.276 e. The van der Waals surface area contributed by atoms with Gasteiger partial charge in [-0.15, -0.1) is 10.2 Å². The van der Waals surface area contributed by atoms with E-state index in [0.29, 0.717) is 29.7 Å². The topological polar surface area (TPSA) is 137 Å². The van der Waals surface area contributed by atoms with E-state index in [4.69, 9.17) is 21.4 Å². The highest BCUT2D eigenvalue weighted by Gasteiger charge is 2.31. The van der Waals surface area contributed by atoms with E-state index in [1.165, 1.54) is 12.1 Å². The van der Waals surface area contributed by atoms with Gasteiger partial charge in [0.2, 0.25) is 6.23 Å². The Morgan fingerprint density at radius 1 is 1.11 bits per heavy atom. The van der Waals surface area contributed by atoms with E-state index < -0.39 is 23.2 Å². The minimum Gasteiger partial charge on any atom is -0.772 e. The lowest BCUT2D eigenvalue weighted by Gasteiger charge is -2.35. The quantitative estimate of drug-likeness (QED) is 0.322. The molecule has 0 spiro atoms. The highest BCUT2D eigenvalue weighted by Crippen LogP contribution is 2.23. The molecule has 12 heteroatoms. The number of hydrazone groups is 1. The van der Waals surface area contributed by atoms with Crippen molar-refractivity contribution in [2.45, 2.75) is 38.0 Å². The van der Waals surface area contributed by atoms with E-state index in [1.807, 2.05) is 19.1 Å². The van der Waals surface area contributed by atoms with Crippen LogP contribution in [0, 0.1) is 0 Å². The van der Waals surface area contributed by atoms with Crippen LogP contribution in [-0.4, -0.2) is 54.2 Å². The van der Waals surface area contributed by atoms with Crippen LogP contribution in [0.1, 0.15) is 40.5 Å². The molecule has 3 aromatic rings. The largest absolute Gasteiger partial charge is 0.772 e. The van der Waals surface area contributed by atoms with Gasteiger partial charge >= 0.3 is 0 Å². The van der Waals surface area contributed by atoms with Gasteiger partial charge in [-0.3, -0.25) is 18.8 Å². The lowest BCUT2D eigenvalue weighted by atomic mass is 10.0. The molecule has 2 heterocycles. The van der Waals surface area contributed by atoms with Gasteiger partial charge in [0.05, 0.1) is 12.3 Å². The molecule has 1 aliphatic rings. The van der Waals surface area contributed by atoms with Crippen molar-refractivity contribution >= 4 is 46.3 Å². The maximum absolute atomic E-state index is 12.3. The van der Waals surface area contributed by atoms with Gasteiger partial charge in [0.15, 0.2) is 17.1 Å². The number of aldehydes is 1. The van der Waals surface area contributed by atoms with Crippen LogP contribution in [0.25, 0.3) is 0 Å². The van der Waals surface area contributed by atoms with Crippen molar-refractivity contribution in [2.24, 2.45) is 5.10 Å². The average molecular weight is 541 g/mol. The molecule has 0 saturated heterocycles. The lowest BCUT2D eigenvalue weighted by molar-refractivity contribution is -0.139. The summed E-state index contributed by atoms with van der Waals surface area (Å²) in [5.41, 5.74) is 3.64. The van der Waals surface area contributed by atoms with Crippen molar-refractivity contribution in [3.8, 4) is 0 Å². The van der Waals surface area contributed by atoms with Gasteiger partial charge in [-0.1, -0.05) is 66.0 Å². The Balaban J connectivity index is 1.50. The van der Waals surface area contributed by atoms with Gasteiger partial charge in [0.25, 0.3) is 5.91 Å². The monoisotopic (exact) mass is 540 g/mol. The normalized spacial score (nSPS) is 18.1. The first-order valence-electron chi connectivity index (χ1n) is 11.4. The summed E-state index contributed by atoms with van der Waals surface area (Å²) < 4.78 is 28.0. The fraction of sp³-hybridized carbons (Fsp3) is 0.240. The molecule has 37 heavy (non-hydrogen) atoms. The molecule has 3 atom stereocenters. The molecule has 1 amide bonds. The number of hydrogen-bond acceptors (Lipinski definition) is 9. The van der Waals surface area contributed by atoms with Gasteiger partial charge in [-0.05, 0) is 41.8 Å². The Hall–Kier alpha value is -3.51. The second-order valence-corrected chi connectivity index (χ2v) is 9.46. The van der Waals surface area contributed by atoms with Crippen LogP contribution in [0.3, 0.4) is 0 Å². The van der Waals surface area contributed by atoms with Gasteiger partial charge in [0.1, 0.15) is 6.10 Å². The van der Waals surface area contributed by atoms with Crippen LogP contribution < -0.4 is 5.32 Å². The van der Waals surface area contributed by atoms with E-state index in [-0.39, 0.29) is 29.2 Å². The highest BCUT2D eigenvalue weighted by atomic mass is 35.5. The lowest BCUT2D eigenvalue weighted by Crippen LogP contribution is -2.45.